The average molecular weight is 365 g/mol. The number of nitrogens with zero attached hydrogens (tertiary/aromatic N) is 1. The van der Waals surface area contributed by atoms with E-state index in [1.807, 2.05) is 18.2 Å². The molecule has 0 aliphatic heterocycles. The Labute approximate surface area is 115 Å². The van der Waals surface area contributed by atoms with E-state index in [0.717, 1.165) is 5.56 Å². The van der Waals surface area contributed by atoms with Gasteiger partial charge in [0.15, 0.2) is 0 Å². The number of alkyl halides is 2. The second-order valence-electron chi connectivity index (χ2n) is 3.74. The van der Waals surface area contributed by atoms with Gasteiger partial charge in [-0.15, -0.1) is 0 Å². The van der Waals surface area contributed by atoms with Crippen molar-refractivity contribution >= 4 is 26.1 Å². The molecule has 102 valence electrons. The molecule has 0 radical (unpaired) electrons. The number of hydrogen-bond acceptors (Lipinski definition) is 3. The first-order valence-corrected chi connectivity index (χ1v) is 10.7. The van der Waals surface area contributed by atoms with E-state index in [0.29, 0.717) is 24.0 Å². The topological polar surface area (TPSA) is 68.9 Å². The van der Waals surface area contributed by atoms with Crippen LogP contribution in [0.3, 0.4) is 0 Å². The number of halogens is 1. The number of nitrogens with two attached hydrogens (primary N) is 1. The van der Waals surface area contributed by atoms with Crippen LogP contribution in [-0.4, -0.2) is 30.0 Å². The summed E-state index contributed by atoms with van der Waals surface area (Å²) in [7, 11) is 3.23. The Morgan fingerprint density at radius 1 is 1.28 bits per heavy atom. The van der Waals surface area contributed by atoms with Gasteiger partial charge in [0.05, 0.1) is 0 Å². The first-order valence-electron chi connectivity index (χ1n) is 5.34. The average Bonchev–Trinajstić information content (AvgIpc) is 2.35. The molecule has 18 heavy (non-hydrogen) atoms. The van der Waals surface area contributed by atoms with Gasteiger partial charge in [0.2, 0.25) is 0 Å². The number of ether oxygens (including phenoxy) is 2. The zero-order valence-electron chi connectivity index (χ0n) is 11.2. The molecule has 1 aromatic rings. The summed E-state index contributed by atoms with van der Waals surface area (Å²) in [4.78, 5) is 8.63. The van der Waals surface area contributed by atoms with Gasteiger partial charge in [-0.1, -0.05) is 0 Å². The second kappa shape index (κ2) is 7.30. The Bertz CT molecular complexity index is 422. The zero-order chi connectivity index (χ0) is 13.5. The Hall–Kier alpha value is -1.18. The van der Waals surface area contributed by atoms with Crippen molar-refractivity contribution in [2.45, 2.75) is 6.54 Å². The number of aliphatic imine (C=N–C) groups is 1. The SMILES string of the molecule is COc1ccc(CN=C(N)NI(C)C)cc1OC. The Kier molecular flexibility index (Phi) is 6.03. The molecular formula is C12H20IN3O2. The van der Waals surface area contributed by atoms with Crippen molar-refractivity contribution in [2.24, 2.45) is 10.7 Å². The van der Waals surface area contributed by atoms with E-state index in [9.17, 15) is 0 Å². The molecule has 0 heterocycles. The van der Waals surface area contributed by atoms with Gasteiger partial charge in [-0.3, -0.25) is 0 Å². The van der Waals surface area contributed by atoms with E-state index in [1.54, 1.807) is 14.2 Å². The summed E-state index contributed by atoms with van der Waals surface area (Å²) < 4.78 is 13.6. The maximum atomic E-state index is 5.77. The van der Waals surface area contributed by atoms with Crippen LogP contribution in [0.15, 0.2) is 23.2 Å². The first kappa shape index (κ1) is 14.9. The van der Waals surface area contributed by atoms with Gasteiger partial charge >= 0.3 is 116 Å². The molecule has 0 aliphatic rings. The van der Waals surface area contributed by atoms with E-state index in [-0.39, 0.29) is 0 Å². The van der Waals surface area contributed by atoms with Gasteiger partial charge in [-0.2, -0.15) is 0 Å². The van der Waals surface area contributed by atoms with Crippen molar-refractivity contribution in [3.8, 4) is 11.5 Å². The number of methoxy groups -OCH3 is 2. The molecule has 0 saturated heterocycles. The molecule has 1 rings (SSSR count). The van der Waals surface area contributed by atoms with E-state index in [1.165, 1.54) is 0 Å². The molecule has 0 amide bonds. The number of guanidine groups is 1. The quantitative estimate of drug-likeness (QED) is 0.275. The number of nitrogens with one attached hydrogen (secondary N) is 1. The summed E-state index contributed by atoms with van der Waals surface area (Å²) in [5.41, 5.74) is 6.80. The standard InChI is InChI=1S/C12H20IN3O2/c1-13(2)16-12(14)15-8-9-5-6-10(17-3)11(7-9)18-4/h5-7H,8H2,1-4H3,(H3,14,15,16). The monoisotopic (exact) mass is 365 g/mol. The molecule has 3 N–H and O–H groups in total. The fourth-order valence-electron chi connectivity index (χ4n) is 1.38. The predicted molar refractivity (Wildman–Crippen MR) is 83.9 cm³/mol. The van der Waals surface area contributed by atoms with E-state index < -0.39 is 20.1 Å². The molecule has 0 aliphatic carbocycles. The molecule has 1 aromatic carbocycles. The minimum atomic E-state index is -1.09. The predicted octanol–water partition coefficient (Wildman–Crippen LogP) is 1.79. The van der Waals surface area contributed by atoms with Crippen LogP contribution >= 0.6 is 20.1 Å². The van der Waals surface area contributed by atoms with Gasteiger partial charge < -0.3 is 0 Å². The Morgan fingerprint density at radius 2 is 1.94 bits per heavy atom. The fourth-order valence-corrected chi connectivity index (χ4v) is 2.65. The molecule has 0 saturated carbocycles. The van der Waals surface area contributed by atoms with Crippen molar-refractivity contribution in [3.05, 3.63) is 23.8 Å². The molecule has 0 aromatic heterocycles. The van der Waals surface area contributed by atoms with Gasteiger partial charge in [0.25, 0.3) is 0 Å². The summed E-state index contributed by atoms with van der Waals surface area (Å²) in [5.74, 6) is 1.93. The van der Waals surface area contributed by atoms with Crippen molar-refractivity contribution in [3.63, 3.8) is 0 Å². The third-order valence-corrected chi connectivity index (χ3v) is 3.80. The summed E-state index contributed by atoms with van der Waals surface area (Å²) in [6.07, 6.45) is 0. The third-order valence-electron chi connectivity index (χ3n) is 2.17. The van der Waals surface area contributed by atoms with Crippen LogP contribution in [0.25, 0.3) is 0 Å². The van der Waals surface area contributed by atoms with E-state index in [2.05, 4.69) is 18.4 Å². The molecular weight excluding hydrogens is 345 g/mol. The van der Waals surface area contributed by atoms with E-state index >= 15 is 0 Å². The van der Waals surface area contributed by atoms with Gasteiger partial charge in [0.1, 0.15) is 0 Å². The molecule has 0 bridgehead atoms. The van der Waals surface area contributed by atoms with Crippen LogP contribution in [0.5, 0.6) is 11.5 Å². The third kappa shape index (κ3) is 4.59. The Balaban J connectivity index is 2.73. The number of hydrogen-bond donors (Lipinski definition) is 2. The fraction of sp³-hybridized carbons (Fsp3) is 0.417. The maximum absolute atomic E-state index is 5.77. The van der Waals surface area contributed by atoms with Crippen LogP contribution in [0.4, 0.5) is 0 Å². The Morgan fingerprint density at radius 3 is 2.50 bits per heavy atom. The second-order valence-corrected chi connectivity index (χ2v) is 8.60. The summed E-state index contributed by atoms with van der Waals surface area (Å²) in [6.45, 7) is 0.531. The van der Waals surface area contributed by atoms with Gasteiger partial charge in [-0.25, -0.2) is 0 Å². The van der Waals surface area contributed by atoms with Crippen LogP contribution in [0, 0.1) is 0 Å². The van der Waals surface area contributed by atoms with E-state index in [4.69, 9.17) is 15.2 Å². The summed E-state index contributed by atoms with van der Waals surface area (Å²) >= 11 is -1.09. The number of rotatable bonds is 5. The summed E-state index contributed by atoms with van der Waals surface area (Å²) in [5, 5.41) is 0. The van der Waals surface area contributed by atoms with Crippen LogP contribution < -0.4 is 18.7 Å². The van der Waals surface area contributed by atoms with Crippen molar-refractivity contribution < 1.29 is 9.47 Å². The molecule has 6 heteroatoms. The molecule has 5 nitrogen and oxygen atoms in total. The normalized spacial score (nSPS) is 12.0. The van der Waals surface area contributed by atoms with Crippen molar-refractivity contribution in [1.29, 1.82) is 0 Å². The van der Waals surface area contributed by atoms with Crippen LogP contribution in [0.2, 0.25) is 0 Å². The molecule has 0 unspecified atom stereocenters. The summed E-state index contributed by atoms with van der Waals surface area (Å²) in [6, 6.07) is 5.72. The minimum absolute atomic E-state index is 0.514. The molecule has 0 atom stereocenters. The molecule has 0 spiro atoms. The van der Waals surface area contributed by atoms with Gasteiger partial charge in [0, 0.05) is 0 Å². The molecule has 0 fully saturated rings. The van der Waals surface area contributed by atoms with Gasteiger partial charge in [-0.05, 0) is 0 Å². The van der Waals surface area contributed by atoms with Crippen LogP contribution in [0.1, 0.15) is 5.56 Å². The first-order chi connectivity index (χ1) is 8.56. The zero-order valence-corrected chi connectivity index (χ0v) is 13.3. The van der Waals surface area contributed by atoms with Crippen molar-refractivity contribution in [1.82, 2.24) is 3.53 Å². The van der Waals surface area contributed by atoms with Crippen molar-refractivity contribution in [2.75, 3.05) is 24.1 Å². The van der Waals surface area contributed by atoms with Crippen LogP contribution in [-0.2, 0) is 6.54 Å². The number of benzene rings is 1.